The smallest absolute Gasteiger partial charge is 0.247 e. The molecule has 1 aromatic heterocycles. The molecule has 0 unspecified atom stereocenters. The molecule has 2 aromatic carbocycles. The van der Waals surface area contributed by atoms with Crippen LogP contribution in [0.25, 0.3) is 0 Å². The number of methoxy groups -OCH3 is 2. The number of nitrogens with one attached hydrogen (secondary N) is 2. The molecule has 9 nitrogen and oxygen atoms in total. The summed E-state index contributed by atoms with van der Waals surface area (Å²) < 4.78 is 10.7. The summed E-state index contributed by atoms with van der Waals surface area (Å²) in [6.45, 7) is 6.76. The molecule has 0 saturated carbocycles. The highest BCUT2D eigenvalue weighted by molar-refractivity contribution is 6.41. The highest BCUT2D eigenvalue weighted by Crippen LogP contribution is 2.46. The third-order valence-corrected chi connectivity index (χ3v) is 5.96. The first kappa shape index (κ1) is 26.8. The number of halogens is 2. The van der Waals surface area contributed by atoms with Crippen LogP contribution in [-0.2, 0) is 16.1 Å². The summed E-state index contributed by atoms with van der Waals surface area (Å²) in [5.74, 6) is 0.294. The van der Waals surface area contributed by atoms with Crippen LogP contribution in [-0.4, -0.2) is 36.0 Å². The number of hydrogen-bond acceptors (Lipinski definition) is 7. The molecule has 0 atom stereocenters. The number of amides is 2. The van der Waals surface area contributed by atoms with Crippen molar-refractivity contribution >= 4 is 58.0 Å². The number of para-hydroxylation sites is 2. The molecule has 3 rings (SSSR count). The molecule has 0 fully saturated rings. The van der Waals surface area contributed by atoms with Crippen molar-refractivity contribution in [3.05, 3.63) is 70.5 Å². The molecule has 188 valence electrons. The Morgan fingerprint density at radius 1 is 1.11 bits per heavy atom. The van der Waals surface area contributed by atoms with E-state index in [1.54, 1.807) is 37.4 Å². The van der Waals surface area contributed by atoms with Crippen molar-refractivity contribution in [2.45, 2.75) is 20.4 Å². The highest BCUT2D eigenvalue weighted by Gasteiger charge is 2.25. The van der Waals surface area contributed by atoms with Crippen molar-refractivity contribution in [1.82, 2.24) is 9.97 Å². The van der Waals surface area contributed by atoms with Gasteiger partial charge in [-0.3, -0.25) is 9.59 Å². The number of carbonyl (C=O) groups is 2. The van der Waals surface area contributed by atoms with E-state index in [9.17, 15) is 9.59 Å². The third-order valence-electron chi connectivity index (χ3n) is 5.23. The summed E-state index contributed by atoms with van der Waals surface area (Å²) in [5.41, 5.74) is 2.70. The number of anilines is 4. The van der Waals surface area contributed by atoms with Crippen LogP contribution in [0.15, 0.2) is 49.2 Å². The van der Waals surface area contributed by atoms with Crippen LogP contribution in [0, 0.1) is 6.92 Å². The van der Waals surface area contributed by atoms with Gasteiger partial charge in [0.25, 0.3) is 0 Å². The van der Waals surface area contributed by atoms with Gasteiger partial charge in [0.2, 0.25) is 17.8 Å². The Labute approximate surface area is 219 Å². The standard InChI is InChI=1S/C25H25Cl2N5O4/c1-6-21(34)30-17-9-7-8-10-18(17)31-25-28-12-16(14(2)29-25)13-32(15(3)33)24-22(26)19(35-4)11-20(36-5)23(24)27/h6-12H,1,13H2,2-5H3,(H,30,34)(H,28,29,31). The number of benzene rings is 2. The lowest BCUT2D eigenvalue weighted by atomic mass is 10.2. The van der Waals surface area contributed by atoms with E-state index in [4.69, 9.17) is 32.7 Å². The zero-order valence-corrected chi connectivity index (χ0v) is 21.7. The van der Waals surface area contributed by atoms with E-state index in [1.807, 2.05) is 6.07 Å². The first-order valence-electron chi connectivity index (χ1n) is 10.7. The quantitative estimate of drug-likeness (QED) is 0.351. The minimum atomic E-state index is -0.340. The molecule has 0 saturated heterocycles. The lowest BCUT2D eigenvalue weighted by Crippen LogP contribution is -2.29. The second-order valence-corrected chi connectivity index (χ2v) is 8.29. The summed E-state index contributed by atoms with van der Waals surface area (Å²) in [6.07, 6.45) is 2.79. The second-order valence-electron chi connectivity index (χ2n) is 7.53. The van der Waals surface area contributed by atoms with E-state index >= 15 is 0 Å². The minimum absolute atomic E-state index is 0.100. The fourth-order valence-corrected chi connectivity index (χ4v) is 4.05. The Hall–Kier alpha value is -3.82. The SMILES string of the molecule is C=CC(=O)Nc1ccccc1Nc1ncc(CN(C(C)=O)c2c(Cl)c(OC)cc(OC)c2Cl)c(C)n1. The molecular formula is C25H25Cl2N5O4. The van der Waals surface area contributed by atoms with E-state index < -0.39 is 0 Å². The van der Waals surface area contributed by atoms with E-state index in [2.05, 4.69) is 27.2 Å². The van der Waals surface area contributed by atoms with Gasteiger partial charge < -0.3 is 25.0 Å². The number of hydrogen-bond donors (Lipinski definition) is 2. The molecule has 2 amide bonds. The summed E-state index contributed by atoms with van der Waals surface area (Å²) in [6, 6.07) is 8.68. The minimum Gasteiger partial charge on any atom is -0.495 e. The summed E-state index contributed by atoms with van der Waals surface area (Å²) in [4.78, 5) is 34.7. The van der Waals surface area contributed by atoms with Crippen LogP contribution in [0.3, 0.4) is 0 Å². The van der Waals surface area contributed by atoms with Crippen molar-refractivity contribution in [1.29, 1.82) is 0 Å². The van der Waals surface area contributed by atoms with E-state index in [-0.39, 0.29) is 34.1 Å². The predicted octanol–water partition coefficient (Wildman–Crippen LogP) is 5.53. The number of nitrogens with zero attached hydrogens (tertiary/aromatic N) is 3. The number of aromatic nitrogens is 2. The van der Waals surface area contributed by atoms with Gasteiger partial charge in [0.05, 0.1) is 37.8 Å². The van der Waals surface area contributed by atoms with Gasteiger partial charge in [-0.1, -0.05) is 41.9 Å². The van der Waals surface area contributed by atoms with Crippen molar-refractivity contribution < 1.29 is 19.1 Å². The molecule has 11 heteroatoms. The second kappa shape index (κ2) is 11.7. The van der Waals surface area contributed by atoms with E-state index in [0.29, 0.717) is 40.1 Å². The van der Waals surface area contributed by atoms with Crippen molar-refractivity contribution in [2.24, 2.45) is 0 Å². The largest absolute Gasteiger partial charge is 0.495 e. The average Bonchev–Trinajstić information content (AvgIpc) is 2.85. The molecule has 0 spiro atoms. The summed E-state index contributed by atoms with van der Waals surface area (Å²) in [7, 11) is 2.92. The number of rotatable bonds is 9. The summed E-state index contributed by atoms with van der Waals surface area (Å²) in [5, 5.41) is 6.18. The van der Waals surface area contributed by atoms with Crippen LogP contribution >= 0.6 is 23.2 Å². The first-order chi connectivity index (χ1) is 17.2. The molecule has 0 aliphatic rings. The first-order valence-corrected chi connectivity index (χ1v) is 11.5. The molecule has 0 bridgehead atoms. The molecular weight excluding hydrogens is 505 g/mol. The van der Waals surface area contributed by atoms with Gasteiger partial charge >= 0.3 is 0 Å². The zero-order chi connectivity index (χ0) is 26.4. The number of ether oxygens (including phenoxy) is 2. The van der Waals surface area contributed by atoms with Crippen LogP contribution in [0.1, 0.15) is 18.2 Å². The van der Waals surface area contributed by atoms with E-state index in [1.165, 1.54) is 32.1 Å². The average molecular weight is 530 g/mol. The highest BCUT2D eigenvalue weighted by atomic mass is 35.5. The molecule has 36 heavy (non-hydrogen) atoms. The van der Waals surface area contributed by atoms with Crippen LogP contribution in [0.2, 0.25) is 10.0 Å². The molecule has 2 N–H and O–H groups in total. The van der Waals surface area contributed by atoms with Crippen molar-refractivity contribution in [2.75, 3.05) is 29.8 Å². The van der Waals surface area contributed by atoms with E-state index in [0.717, 1.165) is 0 Å². The fourth-order valence-electron chi connectivity index (χ4n) is 3.34. The lowest BCUT2D eigenvalue weighted by molar-refractivity contribution is -0.116. The molecule has 0 aliphatic carbocycles. The third kappa shape index (κ3) is 5.87. The maximum Gasteiger partial charge on any atom is 0.247 e. The Kier molecular flexibility index (Phi) is 8.73. The van der Waals surface area contributed by atoms with Gasteiger partial charge in [0.15, 0.2) is 0 Å². The van der Waals surface area contributed by atoms with Crippen LogP contribution in [0.4, 0.5) is 23.0 Å². The Bertz CT molecular complexity index is 1290. The van der Waals surface area contributed by atoms with Gasteiger partial charge in [-0.25, -0.2) is 9.97 Å². The van der Waals surface area contributed by atoms with Gasteiger partial charge in [0.1, 0.15) is 21.5 Å². The van der Waals surface area contributed by atoms with Crippen molar-refractivity contribution in [3.63, 3.8) is 0 Å². The van der Waals surface area contributed by atoms with Gasteiger partial charge in [0, 0.05) is 30.4 Å². The monoisotopic (exact) mass is 529 g/mol. The Balaban J connectivity index is 1.92. The number of carbonyl (C=O) groups excluding carboxylic acids is 2. The van der Waals surface area contributed by atoms with Gasteiger partial charge in [-0.15, -0.1) is 0 Å². The van der Waals surface area contributed by atoms with Gasteiger partial charge in [-0.2, -0.15) is 0 Å². The molecule has 0 aliphatic heterocycles. The fraction of sp³-hybridized carbons (Fsp3) is 0.200. The van der Waals surface area contributed by atoms with Crippen molar-refractivity contribution in [3.8, 4) is 11.5 Å². The maximum atomic E-state index is 12.7. The van der Waals surface area contributed by atoms with Crippen LogP contribution < -0.4 is 25.0 Å². The zero-order valence-electron chi connectivity index (χ0n) is 20.2. The Morgan fingerprint density at radius 3 is 2.25 bits per heavy atom. The maximum absolute atomic E-state index is 12.7. The van der Waals surface area contributed by atoms with Gasteiger partial charge in [-0.05, 0) is 25.1 Å². The predicted molar refractivity (Wildman–Crippen MR) is 142 cm³/mol. The lowest BCUT2D eigenvalue weighted by Gasteiger charge is -2.26. The molecule has 1 heterocycles. The summed E-state index contributed by atoms with van der Waals surface area (Å²) >= 11 is 13.1. The normalized spacial score (nSPS) is 10.4. The Morgan fingerprint density at radius 2 is 1.72 bits per heavy atom. The molecule has 0 radical (unpaired) electrons. The van der Waals surface area contributed by atoms with Crippen LogP contribution in [0.5, 0.6) is 11.5 Å². The molecule has 3 aromatic rings. The number of aryl methyl sites for hydroxylation is 1. The topological polar surface area (TPSA) is 106 Å².